The highest BCUT2D eigenvalue weighted by Crippen LogP contribution is 2.31. The molecule has 0 saturated heterocycles. The third kappa shape index (κ3) is 6.84. The monoisotopic (exact) mass is 400 g/mol. The molecule has 0 aliphatic heterocycles. The van der Waals surface area contributed by atoms with Crippen molar-refractivity contribution in [1.82, 2.24) is 9.21 Å². The Morgan fingerprint density at radius 1 is 0.963 bits per heavy atom. The first-order valence-corrected chi connectivity index (χ1v) is 11.4. The molecule has 0 N–H and O–H groups in total. The average molecular weight is 401 g/mol. The molecule has 6 heteroatoms. The van der Waals surface area contributed by atoms with E-state index in [0.717, 1.165) is 5.56 Å². The van der Waals surface area contributed by atoms with Crippen molar-refractivity contribution in [2.75, 3.05) is 19.3 Å². The number of sulfonamides is 1. The Morgan fingerprint density at radius 2 is 1.44 bits per heavy atom. The maximum atomic E-state index is 13.3. The van der Waals surface area contributed by atoms with Gasteiger partial charge in [0, 0.05) is 30.7 Å². The highest BCUT2D eigenvalue weighted by atomic mass is 32.2. The molecular formula is C21H37FN2O2S. The molecule has 0 amide bonds. The lowest BCUT2D eigenvalue weighted by Gasteiger charge is -2.43. The normalized spacial score (nSPS) is 16.0. The standard InChI is InChI=1S/C21H37FN2O2S/c1-16(18-10-12-19(22)13-11-18)23(17(2)20(3,4)5)14-15-24(21(6,7)8)27(9,25)26/h10-13,16-17H,14-15H2,1-9H3. The van der Waals surface area contributed by atoms with Crippen molar-refractivity contribution in [2.24, 2.45) is 5.41 Å². The molecule has 27 heavy (non-hydrogen) atoms. The fourth-order valence-electron chi connectivity index (χ4n) is 3.36. The first-order chi connectivity index (χ1) is 12.0. The van der Waals surface area contributed by atoms with E-state index in [1.54, 1.807) is 16.4 Å². The second-order valence-electron chi connectivity index (χ2n) is 9.51. The van der Waals surface area contributed by atoms with Crippen molar-refractivity contribution in [2.45, 2.75) is 73.0 Å². The summed E-state index contributed by atoms with van der Waals surface area (Å²) in [6.45, 7) is 17.5. The molecule has 0 fully saturated rings. The molecule has 156 valence electrons. The zero-order chi connectivity index (χ0) is 21.2. The number of nitrogens with zero attached hydrogens (tertiary/aromatic N) is 2. The molecular weight excluding hydrogens is 363 g/mol. The van der Waals surface area contributed by atoms with Gasteiger partial charge >= 0.3 is 0 Å². The van der Waals surface area contributed by atoms with Crippen molar-refractivity contribution in [3.63, 3.8) is 0 Å². The minimum absolute atomic E-state index is 0.0198. The van der Waals surface area contributed by atoms with Crippen molar-refractivity contribution >= 4 is 10.0 Å². The number of rotatable bonds is 7. The van der Waals surface area contributed by atoms with Gasteiger partial charge in [0.25, 0.3) is 0 Å². The van der Waals surface area contributed by atoms with Crippen molar-refractivity contribution in [3.05, 3.63) is 35.6 Å². The van der Waals surface area contributed by atoms with Crippen LogP contribution in [-0.2, 0) is 10.0 Å². The fourth-order valence-corrected chi connectivity index (χ4v) is 4.77. The van der Waals surface area contributed by atoms with E-state index in [1.807, 2.05) is 20.8 Å². The molecule has 1 aromatic carbocycles. The highest BCUT2D eigenvalue weighted by molar-refractivity contribution is 7.88. The number of hydrogen-bond acceptors (Lipinski definition) is 3. The van der Waals surface area contributed by atoms with Crippen LogP contribution in [0.2, 0.25) is 0 Å². The van der Waals surface area contributed by atoms with E-state index in [-0.39, 0.29) is 23.3 Å². The molecule has 2 atom stereocenters. The number of benzene rings is 1. The summed E-state index contributed by atoms with van der Waals surface area (Å²) in [5.74, 6) is -0.252. The molecule has 0 aromatic heterocycles. The van der Waals surface area contributed by atoms with E-state index >= 15 is 0 Å². The summed E-state index contributed by atoms with van der Waals surface area (Å²) in [5.41, 5.74) is 0.559. The zero-order valence-corrected chi connectivity index (χ0v) is 19.2. The quantitative estimate of drug-likeness (QED) is 0.667. The Labute approximate surface area is 165 Å². The van der Waals surface area contributed by atoms with E-state index in [0.29, 0.717) is 13.1 Å². The van der Waals surface area contributed by atoms with Crippen LogP contribution in [0, 0.1) is 11.2 Å². The molecule has 0 heterocycles. The van der Waals surface area contributed by atoms with Gasteiger partial charge in [-0.25, -0.2) is 12.8 Å². The Kier molecular flexibility index (Phi) is 7.64. The smallest absolute Gasteiger partial charge is 0.211 e. The summed E-state index contributed by atoms with van der Waals surface area (Å²) >= 11 is 0. The number of hydrogen-bond donors (Lipinski definition) is 0. The topological polar surface area (TPSA) is 40.6 Å². The zero-order valence-electron chi connectivity index (χ0n) is 18.4. The second-order valence-corrected chi connectivity index (χ2v) is 11.4. The van der Waals surface area contributed by atoms with Crippen molar-refractivity contribution in [1.29, 1.82) is 0 Å². The lowest BCUT2D eigenvalue weighted by atomic mass is 9.85. The largest absolute Gasteiger partial charge is 0.292 e. The predicted octanol–water partition coefficient (Wildman–Crippen LogP) is 4.68. The molecule has 4 nitrogen and oxygen atoms in total. The Morgan fingerprint density at radius 3 is 1.81 bits per heavy atom. The molecule has 2 unspecified atom stereocenters. The molecule has 0 aliphatic rings. The Hall–Kier alpha value is -0.980. The van der Waals surface area contributed by atoms with Crippen LogP contribution in [0.5, 0.6) is 0 Å². The van der Waals surface area contributed by atoms with Gasteiger partial charge in [0.2, 0.25) is 10.0 Å². The van der Waals surface area contributed by atoms with Crippen LogP contribution in [0.4, 0.5) is 4.39 Å². The second kappa shape index (κ2) is 8.58. The third-order valence-electron chi connectivity index (χ3n) is 5.31. The van der Waals surface area contributed by atoms with Crippen molar-refractivity contribution in [3.8, 4) is 0 Å². The SMILES string of the molecule is CC(c1ccc(F)cc1)N(CCN(C(C)(C)C)S(C)(=O)=O)C(C)C(C)(C)C. The van der Waals surface area contributed by atoms with Gasteiger partial charge in [0.05, 0.1) is 6.26 Å². The molecule has 0 saturated carbocycles. The molecule has 0 spiro atoms. The first-order valence-electron chi connectivity index (χ1n) is 9.54. The predicted molar refractivity (Wildman–Crippen MR) is 112 cm³/mol. The van der Waals surface area contributed by atoms with Crippen LogP contribution in [0.1, 0.15) is 67.0 Å². The molecule has 0 bridgehead atoms. The summed E-state index contributed by atoms with van der Waals surface area (Å²) in [6, 6.07) is 6.81. The van der Waals surface area contributed by atoms with Crippen LogP contribution >= 0.6 is 0 Å². The van der Waals surface area contributed by atoms with Crippen LogP contribution in [-0.4, -0.2) is 48.5 Å². The average Bonchev–Trinajstić information content (AvgIpc) is 2.47. The van der Waals surface area contributed by atoms with Gasteiger partial charge in [0.15, 0.2) is 0 Å². The van der Waals surface area contributed by atoms with Gasteiger partial charge in [-0.1, -0.05) is 32.9 Å². The van der Waals surface area contributed by atoms with E-state index in [9.17, 15) is 12.8 Å². The summed E-state index contributed by atoms with van der Waals surface area (Å²) in [6.07, 6.45) is 1.26. The number of halogens is 1. The molecule has 1 aromatic rings. The summed E-state index contributed by atoms with van der Waals surface area (Å²) in [5, 5.41) is 0. The van der Waals surface area contributed by atoms with Crippen LogP contribution in [0.15, 0.2) is 24.3 Å². The first kappa shape index (κ1) is 24.1. The van der Waals surface area contributed by atoms with Crippen molar-refractivity contribution < 1.29 is 12.8 Å². The highest BCUT2D eigenvalue weighted by Gasteiger charge is 2.34. The van der Waals surface area contributed by atoms with Gasteiger partial charge < -0.3 is 0 Å². The minimum Gasteiger partial charge on any atom is -0.292 e. The maximum absolute atomic E-state index is 13.3. The van der Waals surface area contributed by atoms with E-state index in [2.05, 4.69) is 39.5 Å². The van der Waals surface area contributed by atoms with Crippen LogP contribution in [0.3, 0.4) is 0 Å². The fraction of sp³-hybridized carbons (Fsp3) is 0.714. The minimum atomic E-state index is -3.32. The van der Waals surface area contributed by atoms with Gasteiger partial charge in [-0.3, -0.25) is 4.90 Å². The summed E-state index contributed by atoms with van der Waals surface area (Å²) in [4.78, 5) is 2.32. The summed E-state index contributed by atoms with van der Waals surface area (Å²) in [7, 11) is -3.32. The third-order valence-corrected chi connectivity index (χ3v) is 6.84. The van der Waals surface area contributed by atoms with Gasteiger partial charge in [-0.05, 0) is 57.7 Å². The molecule has 0 aliphatic carbocycles. The maximum Gasteiger partial charge on any atom is 0.211 e. The lowest BCUT2D eigenvalue weighted by molar-refractivity contribution is 0.0653. The van der Waals surface area contributed by atoms with Gasteiger partial charge in [-0.15, -0.1) is 0 Å². The van der Waals surface area contributed by atoms with Crippen LogP contribution in [0.25, 0.3) is 0 Å². The Bertz CT molecular complexity index is 703. The van der Waals surface area contributed by atoms with E-state index in [1.165, 1.54) is 18.4 Å². The van der Waals surface area contributed by atoms with Gasteiger partial charge in [-0.2, -0.15) is 4.31 Å². The van der Waals surface area contributed by atoms with E-state index < -0.39 is 15.6 Å². The molecule has 0 radical (unpaired) electrons. The summed E-state index contributed by atoms with van der Waals surface area (Å²) < 4.78 is 39.5. The van der Waals surface area contributed by atoms with Gasteiger partial charge in [0.1, 0.15) is 5.82 Å². The van der Waals surface area contributed by atoms with E-state index in [4.69, 9.17) is 0 Å². The van der Waals surface area contributed by atoms with Crippen LogP contribution < -0.4 is 0 Å². The molecule has 1 rings (SSSR count). The Balaban J connectivity index is 3.17. The lowest BCUT2D eigenvalue weighted by Crippen LogP contribution is -2.51.